The maximum atomic E-state index is 4.35. The third-order valence-corrected chi connectivity index (χ3v) is 4.84. The van der Waals surface area contributed by atoms with Gasteiger partial charge in [0.25, 0.3) is 0 Å². The van der Waals surface area contributed by atoms with Crippen LogP contribution in [0, 0.1) is 6.92 Å². The maximum absolute atomic E-state index is 4.35. The van der Waals surface area contributed by atoms with Crippen LogP contribution in [0.5, 0.6) is 0 Å². The van der Waals surface area contributed by atoms with Gasteiger partial charge in [-0.25, -0.2) is 4.98 Å². The van der Waals surface area contributed by atoms with Crippen molar-refractivity contribution in [1.29, 1.82) is 0 Å². The minimum absolute atomic E-state index is 0.0409. The quantitative estimate of drug-likeness (QED) is 0.941. The van der Waals surface area contributed by atoms with Crippen LogP contribution >= 0.6 is 11.3 Å². The molecule has 3 nitrogen and oxygen atoms in total. The highest BCUT2D eigenvalue weighted by Gasteiger charge is 2.32. The molecule has 1 aromatic heterocycles. The number of rotatable bonds is 3. The standard InChI is InChI=1S/C16H21N3S/c1-13-17-10-15(20-13)11-19-9-8-18-16(2,12-19)14-6-4-3-5-7-14/h3-7,10,18H,8-9,11-12H2,1-2H3. The summed E-state index contributed by atoms with van der Waals surface area (Å²) in [5.74, 6) is 0. The van der Waals surface area contributed by atoms with Crippen molar-refractivity contribution < 1.29 is 0 Å². The van der Waals surface area contributed by atoms with E-state index < -0.39 is 0 Å². The number of piperazine rings is 1. The monoisotopic (exact) mass is 287 g/mol. The molecule has 1 fully saturated rings. The van der Waals surface area contributed by atoms with Crippen molar-refractivity contribution in [1.82, 2.24) is 15.2 Å². The van der Waals surface area contributed by atoms with Gasteiger partial charge >= 0.3 is 0 Å². The molecule has 1 unspecified atom stereocenters. The van der Waals surface area contributed by atoms with E-state index in [0.717, 1.165) is 31.2 Å². The van der Waals surface area contributed by atoms with Gasteiger partial charge in [0.1, 0.15) is 0 Å². The molecule has 106 valence electrons. The Balaban J connectivity index is 1.73. The van der Waals surface area contributed by atoms with Gasteiger partial charge in [0.2, 0.25) is 0 Å². The summed E-state index contributed by atoms with van der Waals surface area (Å²) in [5.41, 5.74) is 1.41. The SMILES string of the molecule is Cc1ncc(CN2CCNC(C)(c3ccccc3)C2)s1. The number of nitrogens with zero attached hydrogens (tertiary/aromatic N) is 2. The van der Waals surface area contributed by atoms with Gasteiger partial charge in [-0.05, 0) is 19.4 Å². The number of thiazole rings is 1. The first-order chi connectivity index (χ1) is 9.66. The molecule has 1 aromatic carbocycles. The molecule has 20 heavy (non-hydrogen) atoms. The van der Waals surface area contributed by atoms with E-state index in [1.165, 1.54) is 10.4 Å². The molecule has 0 saturated carbocycles. The molecule has 0 bridgehead atoms. The van der Waals surface area contributed by atoms with Gasteiger partial charge in [-0.3, -0.25) is 4.90 Å². The fourth-order valence-corrected chi connectivity index (χ4v) is 3.74. The summed E-state index contributed by atoms with van der Waals surface area (Å²) in [6.07, 6.45) is 2.02. The molecule has 2 heterocycles. The van der Waals surface area contributed by atoms with Crippen LogP contribution in [0.1, 0.15) is 22.4 Å². The lowest BCUT2D eigenvalue weighted by Crippen LogP contribution is -2.56. The first kappa shape index (κ1) is 13.7. The Morgan fingerprint density at radius 2 is 2.15 bits per heavy atom. The lowest BCUT2D eigenvalue weighted by Gasteiger charge is -2.41. The van der Waals surface area contributed by atoms with Crippen molar-refractivity contribution in [3.8, 4) is 0 Å². The van der Waals surface area contributed by atoms with Crippen LogP contribution in [-0.4, -0.2) is 29.5 Å². The molecule has 3 rings (SSSR count). The predicted molar refractivity (Wildman–Crippen MR) is 83.9 cm³/mol. The van der Waals surface area contributed by atoms with Crippen molar-refractivity contribution in [2.45, 2.75) is 25.9 Å². The fourth-order valence-electron chi connectivity index (χ4n) is 2.91. The normalized spacial score (nSPS) is 23.9. The van der Waals surface area contributed by atoms with Crippen LogP contribution in [0.15, 0.2) is 36.5 Å². The average molecular weight is 287 g/mol. The Bertz CT molecular complexity index is 566. The van der Waals surface area contributed by atoms with Crippen molar-refractivity contribution in [2.75, 3.05) is 19.6 Å². The van der Waals surface area contributed by atoms with E-state index in [9.17, 15) is 0 Å². The summed E-state index contributed by atoms with van der Waals surface area (Å²) in [7, 11) is 0. The summed E-state index contributed by atoms with van der Waals surface area (Å²) in [6, 6.07) is 10.7. The number of aryl methyl sites for hydroxylation is 1. The van der Waals surface area contributed by atoms with E-state index in [-0.39, 0.29) is 5.54 Å². The Hall–Kier alpha value is -1.23. The number of benzene rings is 1. The molecule has 1 atom stereocenters. The fraction of sp³-hybridized carbons (Fsp3) is 0.438. The molecule has 1 N–H and O–H groups in total. The zero-order valence-electron chi connectivity index (χ0n) is 12.1. The third kappa shape index (κ3) is 2.92. The summed E-state index contributed by atoms with van der Waals surface area (Å²) < 4.78 is 0. The molecular weight excluding hydrogens is 266 g/mol. The van der Waals surface area contributed by atoms with Crippen LogP contribution in [-0.2, 0) is 12.1 Å². The van der Waals surface area contributed by atoms with Gasteiger partial charge in [0, 0.05) is 37.3 Å². The second-order valence-corrected chi connectivity index (χ2v) is 7.00. The lowest BCUT2D eigenvalue weighted by atomic mass is 9.89. The second-order valence-electron chi connectivity index (χ2n) is 5.68. The summed E-state index contributed by atoms with van der Waals surface area (Å²) in [6.45, 7) is 8.54. The second kappa shape index (κ2) is 5.64. The molecule has 4 heteroatoms. The highest BCUT2D eigenvalue weighted by atomic mass is 32.1. The van der Waals surface area contributed by atoms with Gasteiger partial charge in [0.15, 0.2) is 0 Å². The topological polar surface area (TPSA) is 28.2 Å². The van der Waals surface area contributed by atoms with Crippen LogP contribution in [0.4, 0.5) is 0 Å². The molecule has 2 aromatic rings. The third-order valence-electron chi connectivity index (χ3n) is 3.94. The van der Waals surface area contributed by atoms with E-state index >= 15 is 0 Å². The largest absolute Gasteiger partial charge is 0.305 e. The van der Waals surface area contributed by atoms with Crippen LogP contribution in [0.2, 0.25) is 0 Å². The molecule has 1 saturated heterocycles. The average Bonchev–Trinajstić information content (AvgIpc) is 2.85. The Kier molecular flexibility index (Phi) is 3.87. The molecule has 0 spiro atoms. The van der Waals surface area contributed by atoms with Crippen molar-refractivity contribution in [2.24, 2.45) is 0 Å². The maximum Gasteiger partial charge on any atom is 0.0897 e. The van der Waals surface area contributed by atoms with E-state index in [1.807, 2.05) is 6.20 Å². The lowest BCUT2D eigenvalue weighted by molar-refractivity contribution is 0.137. The first-order valence-electron chi connectivity index (χ1n) is 7.10. The minimum Gasteiger partial charge on any atom is -0.305 e. The number of aromatic nitrogens is 1. The summed E-state index contributed by atoms with van der Waals surface area (Å²) in [5, 5.41) is 4.83. The number of hydrogen-bond donors (Lipinski definition) is 1. The Morgan fingerprint density at radius 3 is 2.85 bits per heavy atom. The number of nitrogens with one attached hydrogen (secondary N) is 1. The van der Waals surface area contributed by atoms with Gasteiger partial charge in [0.05, 0.1) is 10.5 Å². The molecule has 1 aliphatic heterocycles. The van der Waals surface area contributed by atoms with Gasteiger partial charge in [-0.15, -0.1) is 11.3 Å². The van der Waals surface area contributed by atoms with E-state index in [1.54, 1.807) is 11.3 Å². The molecule has 1 aliphatic rings. The smallest absolute Gasteiger partial charge is 0.0897 e. The predicted octanol–water partition coefficient (Wildman–Crippen LogP) is 2.77. The molecule has 0 radical (unpaired) electrons. The molecular formula is C16H21N3S. The van der Waals surface area contributed by atoms with E-state index in [0.29, 0.717) is 0 Å². The van der Waals surface area contributed by atoms with Crippen LogP contribution in [0.3, 0.4) is 0 Å². The van der Waals surface area contributed by atoms with Gasteiger partial charge in [-0.2, -0.15) is 0 Å². The summed E-state index contributed by atoms with van der Waals surface area (Å²) >= 11 is 1.80. The van der Waals surface area contributed by atoms with Crippen molar-refractivity contribution in [3.63, 3.8) is 0 Å². The minimum atomic E-state index is 0.0409. The summed E-state index contributed by atoms with van der Waals surface area (Å²) in [4.78, 5) is 8.24. The molecule has 0 amide bonds. The Morgan fingerprint density at radius 1 is 1.35 bits per heavy atom. The van der Waals surface area contributed by atoms with Crippen molar-refractivity contribution >= 4 is 11.3 Å². The van der Waals surface area contributed by atoms with Crippen LogP contribution < -0.4 is 5.32 Å². The van der Waals surface area contributed by atoms with Crippen molar-refractivity contribution in [3.05, 3.63) is 52.0 Å². The zero-order chi connectivity index (χ0) is 14.0. The van der Waals surface area contributed by atoms with E-state index in [2.05, 4.69) is 59.4 Å². The molecule has 0 aliphatic carbocycles. The first-order valence-corrected chi connectivity index (χ1v) is 7.92. The highest BCUT2D eigenvalue weighted by Crippen LogP contribution is 2.25. The Labute approximate surface area is 124 Å². The van der Waals surface area contributed by atoms with Gasteiger partial charge in [-0.1, -0.05) is 30.3 Å². The highest BCUT2D eigenvalue weighted by molar-refractivity contribution is 7.11. The zero-order valence-corrected chi connectivity index (χ0v) is 12.9. The van der Waals surface area contributed by atoms with Crippen LogP contribution in [0.25, 0.3) is 0 Å². The van der Waals surface area contributed by atoms with E-state index in [4.69, 9.17) is 0 Å². The van der Waals surface area contributed by atoms with Gasteiger partial charge < -0.3 is 5.32 Å². The number of hydrogen-bond acceptors (Lipinski definition) is 4.